The topological polar surface area (TPSA) is 45.8 Å². The van der Waals surface area contributed by atoms with E-state index in [-0.39, 0.29) is 11.4 Å². The van der Waals surface area contributed by atoms with Crippen molar-refractivity contribution in [3.05, 3.63) is 51.2 Å². The van der Waals surface area contributed by atoms with Crippen LogP contribution in [0.5, 0.6) is 0 Å². The highest BCUT2D eigenvalue weighted by Crippen LogP contribution is 2.32. The number of aromatic nitrogens is 2. The number of halogens is 2. The second-order valence-corrected chi connectivity index (χ2v) is 5.59. The number of rotatable bonds is 1. The molecule has 1 aromatic carbocycles. The molecule has 0 unspecified atom stereocenters. The number of nitrogens with zero attached hydrogens (tertiary/aromatic N) is 1. The van der Waals surface area contributed by atoms with Crippen LogP contribution in [0.3, 0.4) is 0 Å². The molecule has 0 aliphatic heterocycles. The molecule has 0 amide bonds. The van der Waals surface area contributed by atoms with Gasteiger partial charge in [0.15, 0.2) is 0 Å². The lowest BCUT2D eigenvalue weighted by Gasteiger charge is -1.98. The molecule has 0 spiro atoms. The van der Waals surface area contributed by atoms with Crippen LogP contribution in [0.4, 0.5) is 4.39 Å². The standard InChI is InChI=1S/C12H6BrFN2OS/c13-7-3-6(1-2-8(7)14)10-4-9-11(18-10)12(17)16-5-15-9/h1-5H,(H,15,16,17). The van der Waals surface area contributed by atoms with Crippen LogP contribution in [0.15, 0.2) is 39.9 Å². The maximum absolute atomic E-state index is 13.2. The molecule has 3 nitrogen and oxygen atoms in total. The lowest BCUT2D eigenvalue weighted by atomic mass is 10.2. The maximum atomic E-state index is 13.2. The molecule has 0 bridgehead atoms. The third kappa shape index (κ3) is 1.87. The fraction of sp³-hybridized carbons (Fsp3) is 0. The van der Waals surface area contributed by atoms with Crippen molar-refractivity contribution in [1.82, 2.24) is 9.97 Å². The molecule has 90 valence electrons. The summed E-state index contributed by atoms with van der Waals surface area (Å²) < 4.78 is 14.2. The first kappa shape index (κ1) is 11.6. The molecule has 0 saturated carbocycles. The molecule has 0 saturated heterocycles. The minimum Gasteiger partial charge on any atom is -0.312 e. The highest BCUT2D eigenvalue weighted by molar-refractivity contribution is 9.10. The van der Waals surface area contributed by atoms with E-state index in [4.69, 9.17) is 0 Å². The fourth-order valence-corrected chi connectivity index (χ4v) is 3.04. The van der Waals surface area contributed by atoms with Crippen molar-refractivity contribution in [2.24, 2.45) is 0 Å². The normalized spacial score (nSPS) is 11.0. The summed E-state index contributed by atoms with van der Waals surface area (Å²) in [6.45, 7) is 0. The minimum absolute atomic E-state index is 0.155. The molecule has 1 N–H and O–H groups in total. The highest BCUT2D eigenvalue weighted by Gasteiger charge is 2.09. The molecular weight excluding hydrogens is 319 g/mol. The molecule has 2 heterocycles. The Balaban J connectivity index is 2.22. The first-order chi connectivity index (χ1) is 8.65. The Hall–Kier alpha value is -1.53. The second-order valence-electron chi connectivity index (χ2n) is 3.69. The van der Waals surface area contributed by atoms with Gasteiger partial charge in [-0.3, -0.25) is 4.79 Å². The predicted molar refractivity (Wildman–Crippen MR) is 73.3 cm³/mol. The van der Waals surface area contributed by atoms with Gasteiger partial charge in [-0.25, -0.2) is 9.37 Å². The SMILES string of the molecule is O=c1[nH]cnc2cc(-c3ccc(F)c(Br)c3)sc12. The summed E-state index contributed by atoms with van der Waals surface area (Å²) in [5, 5.41) is 0. The number of benzene rings is 1. The number of H-pyrrole nitrogens is 1. The fourth-order valence-electron chi connectivity index (χ4n) is 1.66. The molecule has 18 heavy (non-hydrogen) atoms. The van der Waals surface area contributed by atoms with Crippen LogP contribution in [0.1, 0.15) is 0 Å². The van der Waals surface area contributed by atoms with Crippen molar-refractivity contribution < 1.29 is 4.39 Å². The van der Waals surface area contributed by atoms with Gasteiger partial charge in [-0.1, -0.05) is 6.07 Å². The van der Waals surface area contributed by atoms with Gasteiger partial charge in [0, 0.05) is 4.88 Å². The summed E-state index contributed by atoms with van der Waals surface area (Å²) in [5.41, 5.74) is 1.35. The van der Waals surface area contributed by atoms with Crippen LogP contribution in [-0.2, 0) is 0 Å². The molecule has 0 aliphatic rings. The Kier molecular flexibility index (Phi) is 2.76. The van der Waals surface area contributed by atoms with E-state index in [1.54, 1.807) is 12.1 Å². The largest absolute Gasteiger partial charge is 0.312 e. The number of fused-ring (bicyclic) bond motifs is 1. The molecule has 0 aliphatic carbocycles. The average molecular weight is 325 g/mol. The van der Waals surface area contributed by atoms with E-state index in [2.05, 4.69) is 25.9 Å². The number of hydrogen-bond acceptors (Lipinski definition) is 3. The quantitative estimate of drug-likeness (QED) is 0.744. The number of thiophene rings is 1. The van der Waals surface area contributed by atoms with Crippen molar-refractivity contribution in [2.75, 3.05) is 0 Å². The average Bonchev–Trinajstić information content (AvgIpc) is 2.78. The predicted octanol–water partition coefficient (Wildman–Crippen LogP) is 3.55. The Morgan fingerprint density at radius 3 is 2.89 bits per heavy atom. The van der Waals surface area contributed by atoms with Gasteiger partial charge in [0.2, 0.25) is 0 Å². The van der Waals surface area contributed by atoms with Crippen molar-refractivity contribution in [1.29, 1.82) is 0 Å². The zero-order valence-electron chi connectivity index (χ0n) is 8.91. The van der Waals surface area contributed by atoms with Crippen molar-refractivity contribution >= 4 is 37.5 Å². The van der Waals surface area contributed by atoms with Gasteiger partial charge < -0.3 is 4.98 Å². The van der Waals surface area contributed by atoms with E-state index < -0.39 is 0 Å². The molecule has 0 fully saturated rings. The number of nitrogens with one attached hydrogen (secondary N) is 1. The monoisotopic (exact) mass is 324 g/mol. The van der Waals surface area contributed by atoms with E-state index in [1.165, 1.54) is 23.7 Å². The molecule has 3 aromatic rings. The lowest BCUT2D eigenvalue weighted by molar-refractivity contribution is 0.621. The van der Waals surface area contributed by atoms with Gasteiger partial charge in [0.1, 0.15) is 10.5 Å². The summed E-state index contributed by atoms with van der Waals surface area (Å²) in [7, 11) is 0. The van der Waals surface area contributed by atoms with E-state index in [9.17, 15) is 9.18 Å². The Labute approximate surface area is 113 Å². The Bertz CT molecular complexity index is 796. The van der Waals surface area contributed by atoms with Gasteiger partial charge in [0.25, 0.3) is 5.56 Å². The first-order valence-corrected chi connectivity index (χ1v) is 6.69. The summed E-state index contributed by atoms with van der Waals surface area (Å²) in [4.78, 5) is 19.1. The van der Waals surface area contributed by atoms with E-state index in [0.717, 1.165) is 10.4 Å². The Morgan fingerprint density at radius 2 is 2.17 bits per heavy atom. The summed E-state index contributed by atoms with van der Waals surface area (Å²) >= 11 is 4.49. The van der Waals surface area contributed by atoms with Gasteiger partial charge in [-0.15, -0.1) is 11.3 Å². The van der Waals surface area contributed by atoms with Gasteiger partial charge in [0.05, 0.1) is 16.3 Å². The van der Waals surface area contributed by atoms with Crippen LogP contribution in [0.2, 0.25) is 0 Å². The maximum Gasteiger partial charge on any atom is 0.268 e. The number of aromatic amines is 1. The lowest BCUT2D eigenvalue weighted by Crippen LogP contribution is -2.02. The highest BCUT2D eigenvalue weighted by atomic mass is 79.9. The first-order valence-electron chi connectivity index (χ1n) is 5.08. The van der Waals surface area contributed by atoms with Crippen molar-refractivity contribution in [2.45, 2.75) is 0 Å². The van der Waals surface area contributed by atoms with Crippen LogP contribution >= 0.6 is 27.3 Å². The van der Waals surface area contributed by atoms with E-state index in [0.29, 0.717) is 14.7 Å². The minimum atomic E-state index is -0.309. The third-order valence-electron chi connectivity index (χ3n) is 2.52. The van der Waals surface area contributed by atoms with Crippen LogP contribution in [-0.4, -0.2) is 9.97 Å². The van der Waals surface area contributed by atoms with E-state index >= 15 is 0 Å². The summed E-state index contributed by atoms with van der Waals surface area (Å²) in [6.07, 6.45) is 1.38. The van der Waals surface area contributed by atoms with Gasteiger partial charge in [-0.05, 0) is 39.7 Å². The van der Waals surface area contributed by atoms with Crippen LogP contribution < -0.4 is 5.56 Å². The molecule has 0 radical (unpaired) electrons. The molecule has 3 rings (SSSR count). The Morgan fingerprint density at radius 1 is 1.33 bits per heavy atom. The number of hydrogen-bond donors (Lipinski definition) is 1. The van der Waals surface area contributed by atoms with Gasteiger partial charge in [-0.2, -0.15) is 0 Å². The van der Waals surface area contributed by atoms with Crippen LogP contribution in [0.25, 0.3) is 20.7 Å². The zero-order valence-corrected chi connectivity index (χ0v) is 11.3. The molecule has 6 heteroatoms. The smallest absolute Gasteiger partial charge is 0.268 e. The third-order valence-corrected chi connectivity index (χ3v) is 4.30. The second kappa shape index (κ2) is 4.29. The van der Waals surface area contributed by atoms with E-state index in [1.807, 2.05) is 6.07 Å². The molecule has 0 atom stereocenters. The molecular formula is C12H6BrFN2OS. The summed E-state index contributed by atoms with van der Waals surface area (Å²) in [5.74, 6) is -0.309. The zero-order chi connectivity index (χ0) is 12.7. The summed E-state index contributed by atoms with van der Waals surface area (Å²) in [6, 6.07) is 6.59. The molecule has 2 aromatic heterocycles. The van der Waals surface area contributed by atoms with Crippen molar-refractivity contribution in [3.63, 3.8) is 0 Å². The van der Waals surface area contributed by atoms with Gasteiger partial charge >= 0.3 is 0 Å². The van der Waals surface area contributed by atoms with Crippen LogP contribution in [0, 0.1) is 5.82 Å². The van der Waals surface area contributed by atoms with Crippen molar-refractivity contribution in [3.8, 4) is 10.4 Å².